The Morgan fingerprint density at radius 2 is 1.94 bits per heavy atom. The van der Waals surface area contributed by atoms with E-state index < -0.39 is 34.5 Å². The van der Waals surface area contributed by atoms with E-state index in [1.54, 1.807) is 0 Å². The largest absolute Gasteiger partial charge is 0.573 e. The van der Waals surface area contributed by atoms with Crippen molar-refractivity contribution in [3.63, 3.8) is 0 Å². The topological polar surface area (TPSA) is 42.4 Å². The van der Waals surface area contributed by atoms with Crippen LogP contribution in [-0.4, -0.2) is 16.5 Å². The summed E-state index contributed by atoms with van der Waals surface area (Å²) >= 11 is 2.60. The van der Waals surface area contributed by atoms with Crippen molar-refractivity contribution in [1.82, 2.24) is 4.98 Å². The average molecular weight is 308 g/mol. The molecule has 0 atom stereocenters. The van der Waals surface area contributed by atoms with Crippen molar-refractivity contribution in [2.45, 2.75) is 12.8 Å². The number of aromatic hydroxyl groups is 1. The highest BCUT2D eigenvalue weighted by Gasteiger charge is 2.35. The van der Waals surface area contributed by atoms with Crippen molar-refractivity contribution in [2.75, 3.05) is 0 Å². The summed E-state index contributed by atoms with van der Waals surface area (Å²) in [5, 5.41) is 9.11. The molecule has 0 aliphatic heterocycles. The maximum atomic E-state index is 12.4. The Kier molecular flexibility index (Phi) is 3.56. The Bertz CT molecular complexity index is 395. The van der Waals surface area contributed by atoms with Crippen molar-refractivity contribution < 1.29 is 31.8 Å². The number of halogens is 6. The van der Waals surface area contributed by atoms with Gasteiger partial charge in [-0.15, -0.1) is 13.2 Å². The van der Waals surface area contributed by atoms with Gasteiger partial charge in [-0.3, -0.25) is 0 Å². The highest BCUT2D eigenvalue weighted by molar-refractivity contribution is 9.10. The van der Waals surface area contributed by atoms with Gasteiger partial charge < -0.3 is 9.84 Å². The minimum Gasteiger partial charge on any atom is -0.505 e. The standard InChI is InChI=1S/C7H3BrF5NO2/c8-5-4(15)3(6(9)10)2(1-14-5)16-7(11,12)13/h1,6,15H. The molecule has 0 radical (unpaired) electrons. The second-order valence-electron chi connectivity index (χ2n) is 2.52. The number of hydrogen-bond acceptors (Lipinski definition) is 3. The number of alkyl halides is 5. The first kappa shape index (κ1) is 12.9. The molecular weight excluding hydrogens is 305 g/mol. The first-order valence-corrected chi connectivity index (χ1v) is 4.43. The Morgan fingerprint density at radius 1 is 1.38 bits per heavy atom. The Morgan fingerprint density at radius 3 is 2.38 bits per heavy atom. The lowest BCUT2D eigenvalue weighted by Gasteiger charge is -2.13. The van der Waals surface area contributed by atoms with Gasteiger partial charge in [0.1, 0.15) is 10.2 Å². The zero-order valence-corrected chi connectivity index (χ0v) is 8.81. The molecule has 9 heteroatoms. The van der Waals surface area contributed by atoms with Crippen LogP contribution in [-0.2, 0) is 0 Å². The monoisotopic (exact) mass is 307 g/mol. The summed E-state index contributed by atoms with van der Waals surface area (Å²) in [4.78, 5) is 3.21. The molecule has 0 amide bonds. The van der Waals surface area contributed by atoms with Gasteiger partial charge in [-0.2, -0.15) is 0 Å². The van der Waals surface area contributed by atoms with E-state index in [1.807, 2.05) is 0 Å². The lowest BCUT2D eigenvalue weighted by Crippen LogP contribution is -2.18. The van der Waals surface area contributed by atoms with Crippen LogP contribution in [0.3, 0.4) is 0 Å². The van der Waals surface area contributed by atoms with Gasteiger partial charge >= 0.3 is 6.36 Å². The van der Waals surface area contributed by atoms with Crippen LogP contribution < -0.4 is 4.74 Å². The highest BCUT2D eigenvalue weighted by Crippen LogP contribution is 2.41. The van der Waals surface area contributed by atoms with E-state index in [0.717, 1.165) is 0 Å². The molecule has 0 aliphatic carbocycles. The smallest absolute Gasteiger partial charge is 0.505 e. The van der Waals surface area contributed by atoms with Gasteiger partial charge in [0.05, 0.1) is 6.20 Å². The fourth-order valence-electron chi connectivity index (χ4n) is 0.891. The lowest BCUT2D eigenvalue weighted by molar-refractivity contribution is -0.275. The van der Waals surface area contributed by atoms with Crippen molar-refractivity contribution in [2.24, 2.45) is 0 Å². The summed E-state index contributed by atoms with van der Waals surface area (Å²) < 4.78 is 63.2. The van der Waals surface area contributed by atoms with Crippen LogP contribution in [0.4, 0.5) is 22.0 Å². The summed E-state index contributed by atoms with van der Waals surface area (Å²) in [6.45, 7) is 0. The highest BCUT2D eigenvalue weighted by atomic mass is 79.9. The van der Waals surface area contributed by atoms with Crippen LogP contribution in [0.1, 0.15) is 12.0 Å². The van der Waals surface area contributed by atoms with E-state index >= 15 is 0 Å². The van der Waals surface area contributed by atoms with E-state index in [9.17, 15) is 22.0 Å². The van der Waals surface area contributed by atoms with Crippen LogP contribution in [0.5, 0.6) is 11.5 Å². The fourth-order valence-corrected chi connectivity index (χ4v) is 1.21. The first-order chi connectivity index (χ1) is 7.22. The zero-order valence-electron chi connectivity index (χ0n) is 7.23. The molecule has 16 heavy (non-hydrogen) atoms. The van der Waals surface area contributed by atoms with E-state index in [0.29, 0.717) is 6.20 Å². The molecule has 0 spiro atoms. The maximum absolute atomic E-state index is 12.4. The molecule has 1 heterocycles. The number of rotatable bonds is 2. The SMILES string of the molecule is Oc1c(Br)ncc(OC(F)(F)F)c1C(F)F. The van der Waals surface area contributed by atoms with Crippen LogP contribution in [0.2, 0.25) is 0 Å². The normalized spacial score (nSPS) is 11.9. The van der Waals surface area contributed by atoms with E-state index in [2.05, 4.69) is 25.7 Å². The average Bonchev–Trinajstić information content (AvgIpc) is 2.08. The van der Waals surface area contributed by atoms with Crippen molar-refractivity contribution in [1.29, 1.82) is 0 Å². The molecule has 90 valence electrons. The minimum absolute atomic E-state index is 0.391. The van der Waals surface area contributed by atoms with Gasteiger partial charge in [0.25, 0.3) is 6.43 Å². The molecule has 0 saturated carbocycles. The van der Waals surface area contributed by atoms with Gasteiger partial charge in [0, 0.05) is 0 Å². The van der Waals surface area contributed by atoms with E-state index in [1.165, 1.54) is 0 Å². The van der Waals surface area contributed by atoms with Gasteiger partial charge in [-0.05, 0) is 15.9 Å². The Balaban J connectivity index is 3.24. The molecule has 0 fully saturated rings. The third kappa shape index (κ3) is 2.94. The van der Waals surface area contributed by atoms with Gasteiger partial charge in [-0.25, -0.2) is 13.8 Å². The van der Waals surface area contributed by atoms with Crippen molar-refractivity contribution >= 4 is 15.9 Å². The summed E-state index contributed by atoms with van der Waals surface area (Å²) in [6, 6.07) is 0. The second-order valence-corrected chi connectivity index (χ2v) is 3.28. The number of pyridine rings is 1. The van der Waals surface area contributed by atoms with Crippen molar-refractivity contribution in [3.05, 3.63) is 16.4 Å². The zero-order chi connectivity index (χ0) is 12.5. The first-order valence-electron chi connectivity index (χ1n) is 3.63. The van der Waals surface area contributed by atoms with Gasteiger partial charge in [0.15, 0.2) is 11.5 Å². The minimum atomic E-state index is -5.13. The Hall–Kier alpha value is -1.12. The third-order valence-corrected chi connectivity index (χ3v) is 2.04. The van der Waals surface area contributed by atoms with Gasteiger partial charge in [0.2, 0.25) is 0 Å². The molecule has 3 nitrogen and oxygen atoms in total. The number of nitrogens with zero attached hydrogens (tertiary/aromatic N) is 1. The van der Waals surface area contributed by atoms with E-state index in [4.69, 9.17) is 5.11 Å². The fraction of sp³-hybridized carbons (Fsp3) is 0.286. The molecule has 1 aromatic heterocycles. The molecule has 1 N–H and O–H groups in total. The third-order valence-electron chi connectivity index (χ3n) is 1.46. The quantitative estimate of drug-likeness (QED) is 0.673. The molecule has 0 aliphatic rings. The lowest BCUT2D eigenvalue weighted by atomic mass is 10.2. The summed E-state index contributed by atoms with van der Waals surface area (Å²) in [5.41, 5.74) is -1.26. The van der Waals surface area contributed by atoms with Crippen molar-refractivity contribution in [3.8, 4) is 11.5 Å². The Labute approximate surface area is 94.0 Å². The molecule has 0 unspecified atom stereocenters. The maximum Gasteiger partial charge on any atom is 0.573 e. The van der Waals surface area contributed by atoms with Crippen LogP contribution in [0.15, 0.2) is 10.8 Å². The second kappa shape index (κ2) is 4.40. The number of hydrogen-bond donors (Lipinski definition) is 1. The predicted octanol–water partition coefficient (Wildman–Crippen LogP) is 3.39. The number of ether oxygens (including phenoxy) is 1. The van der Waals surface area contributed by atoms with E-state index in [-0.39, 0.29) is 0 Å². The predicted molar refractivity (Wildman–Crippen MR) is 45.2 cm³/mol. The van der Waals surface area contributed by atoms with Crippen LogP contribution in [0, 0.1) is 0 Å². The molecule has 1 aromatic rings. The summed E-state index contributed by atoms with van der Waals surface area (Å²) in [6.07, 6.45) is -8.01. The van der Waals surface area contributed by atoms with Gasteiger partial charge in [-0.1, -0.05) is 0 Å². The summed E-state index contributed by atoms with van der Waals surface area (Å²) in [5.74, 6) is -2.32. The van der Waals surface area contributed by atoms with Crippen LogP contribution in [0.25, 0.3) is 0 Å². The molecular formula is C7H3BrF5NO2. The summed E-state index contributed by atoms with van der Waals surface area (Å²) in [7, 11) is 0. The number of aromatic nitrogens is 1. The molecule has 0 saturated heterocycles. The van der Waals surface area contributed by atoms with Crippen LogP contribution >= 0.6 is 15.9 Å². The molecule has 1 rings (SSSR count). The molecule has 0 aromatic carbocycles. The molecule has 0 bridgehead atoms.